The van der Waals surface area contributed by atoms with E-state index < -0.39 is 33.1 Å². The van der Waals surface area contributed by atoms with Crippen LogP contribution in [0.3, 0.4) is 0 Å². The number of benzene rings is 1. The van der Waals surface area contributed by atoms with Gasteiger partial charge < -0.3 is 10.5 Å². The highest BCUT2D eigenvalue weighted by Gasteiger charge is 2.51. The van der Waals surface area contributed by atoms with Crippen LogP contribution in [-0.2, 0) is 28.0 Å². The number of aryl methyl sites for hydroxylation is 1. The molecule has 8 nitrogen and oxygen atoms in total. The number of nitrogens with one attached hydrogen (secondary N) is 1. The minimum Gasteiger partial charge on any atom is -0.420 e. The fraction of sp³-hybridized carbons (Fsp3) is 0.360. The topological polar surface area (TPSA) is 125 Å². The number of ether oxygens (including phenoxy) is 1. The highest BCUT2D eigenvalue weighted by Crippen LogP contribution is 2.54. The highest BCUT2D eigenvalue weighted by atomic mass is 32.2. The largest absolute Gasteiger partial charge is 0.420 e. The summed E-state index contributed by atoms with van der Waals surface area (Å²) in [6.45, 7) is 5.43. The maximum atomic E-state index is 14.2. The lowest BCUT2D eigenvalue weighted by Gasteiger charge is -2.41. The predicted octanol–water partition coefficient (Wildman–Crippen LogP) is 5.00. The molecule has 3 N–H and O–H groups in total. The molecule has 1 unspecified atom stereocenters. The summed E-state index contributed by atoms with van der Waals surface area (Å²) in [6, 6.07) is 8.47. The molecule has 0 bridgehead atoms. The number of aromatic nitrogens is 2. The van der Waals surface area contributed by atoms with Crippen LogP contribution in [0.2, 0.25) is 0 Å². The number of nitriles is 1. The van der Waals surface area contributed by atoms with Crippen LogP contribution < -0.4 is 10.5 Å². The molecule has 0 amide bonds. The van der Waals surface area contributed by atoms with Crippen LogP contribution >= 0.6 is 11.3 Å². The normalized spacial score (nSPS) is 18.0. The summed E-state index contributed by atoms with van der Waals surface area (Å²) in [5.74, 6) is -0.593. The summed E-state index contributed by atoms with van der Waals surface area (Å²) < 4.78 is 74.7. The fourth-order valence-electron chi connectivity index (χ4n) is 4.87. The van der Waals surface area contributed by atoms with Crippen LogP contribution in [-0.4, -0.2) is 37.0 Å². The van der Waals surface area contributed by atoms with E-state index in [1.807, 2.05) is 6.92 Å². The number of halogens is 3. The van der Waals surface area contributed by atoms with E-state index in [1.165, 1.54) is 26.2 Å². The second-order valence-corrected chi connectivity index (χ2v) is 12.8. The van der Waals surface area contributed by atoms with Gasteiger partial charge in [-0.15, -0.1) is 16.4 Å². The van der Waals surface area contributed by atoms with E-state index in [0.29, 0.717) is 22.6 Å². The van der Waals surface area contributed by atoms with Gasteiger partial charge in [0.05, 0.1) is 16.5 Å². The van der Waals surface area contributed by atoms with Gasteiger partial charge >= 0.3 is 6.18 Å². The Morgan fingerprint density at radius 1 is 1.26 bits per heavy atom. The average Bonchev–Trinajstić information content (AvgIpc) is 3.50. The van der Waals surface area contributed by atoms with E-state index in [-0.39, 0.29) is 32.7 Å². The molecule has 0 saturated heterocycles. The average molecular weight is 566 g/mol. The Kier molecular flexibility index (Phi) is 6.88. The molecule has 0 radical (unpaired) electrons. The number of H-pyrrole nitrogens is 1. The summed E-state index contributed by atoms with van der Waals surface area (Å²) in [5.41, 5.74) is 5.14. The van der Waals surface area contributed by atoms with Crippen molar-refractivity contribution in [3.05, 3.63) is 64.2 Å². The first-order valence-electron chi connectivity index (χ1n) is 11.6. The molecular formula is C25H26F3N5O3S2. The van der Waals surface area contributed by atoms with Crippen molar-refractivity contribution in [2.75, 3.05) is 14.1 Å². The fourth-order valence-corrected chi connectivity index (χ4v) is 7.33. The number of nitrogens with zero attached hydrogens (tertiary/aromatic N) is 3. The van der Waals surface area contributed by atoms with Gasteiger partial charge in [-0.05, 0) is 53.8 Å². The highest BCUT2D eigenvalue weighted by molar-refractivity contribution is 7.91. The summed E-state index contributed by atoms with van der Waals surface area (Å²) in [4.78, 5) is 0.322. The van der Waals surface area contributed by atoms with Gasteiger partial charge in [0.15, 0.2) is 0 Å². The van der Waals surface area contributed by atoms with Gasteiger partial charge in [0.1, 0.15) is 15.9 Å². The summed E-state index contributed by atoms with van der Waals surface area (Å²) in [7, 11) is -1.03. The molecule has 4 rings (SSSR count). The number of alkyl halides is 3. The smallest absolute Gasteiger partial charge is 0.416 e. The van der Waals surface area contributed by atoms with Crippen molar-refractivity contribution in [1.82, 2.24) is 14.5 Å². The summed E-state index contributed by atoms with van der Waals surface area (Å²) in [5, 5.41) is 17.3. The van der Waals surface area contributed by atoms with Gasteiger partial charge in [-0.25, -0.2) is 12.7 Å². The van der Waals surface area contributed by atoms with Crippen molar-refractivity contribution in [2.45, 2.75) is 43.0 Å². The van der Waals surface area contributed by atoms with Gasteiger partial charge in [0.2, 0.25) is 11.8 Å². The number of allylic oxidation sites excluding steroid dienone is 1. The molecule has 202 valence electrons. The van der Waals surface area contributed by atoms with Crippen LogP contribution in [0.5, 0.6) is 5.88 Å². The van der Waals surface area contributed by atoms with E-state index in [0.717, 1.165) is 27.8 Å². The standard InChI is InChI=1S/C25H26F3N5O3S2/c1-6-18-21-23(32-31-18)36-22(30)17(12-29)24(21,13(2)3)15-9-14(10-16(11-15)25(26,27)28)19-7-8-20(37-19)38(34,35)33(4)5/h7-11,13H,6,30H2,1-5H3,(H,31,32). The Bertz CT molecular complexity index is 1580. The molecular weight excluding hydrogens is 539 g/mol. The molecule has 0 saturated carbocycles. The van der Waals surface area contributed by atoms with Crippen LogP contribution in [0.4, 0.5) is 13.2 Å². The zero-order valence-corrected chi connectivity index (χ0v) is 22.9. The Labute approximate surface area is 222 Å². The van der Waals surface area contributed by atoms with Crippen LogP contribution in [0.1, 0.15) is 43.2 Å². The molecule has 1 atom stereocenters. The monoisotopic (exact) mass is 565 g/mol. The molecule has 1 aliphatic heterocycles. The van der Waals surface area contributed by atoms with Gasteiger partial charge in [-0.2, -0.15) is 18.4 Å². The first-order valence-corrected chi connectivity index (χ1v) is 13.9. The maximum Gasteiger partial charge on any atom is 0.416 e. The van der Waals surface area contributed by atoms with E-state index >= 15 is 0 Å². The first kappa shape index (κ1) is 27.7. The van der Waals surface area contributed by atoms with Crippen LogP contribution in [0.15, 0.2) is 46.0 Å². The lowest BCUT2D eigenvalue weighted by molar-refractivity contribution is -0.137. The molecule has 0 aliphatic carbocycles. The van der Waals surface area contributed by atoms with Gasteiger partial charge in [0.25, 0.3) is 10.0 Å². The number of fused-ring (bicyclic) bond motifs is 1. The third-order valence-electron chi connectivity index (χ3n) is 6.70. The Morgan fingerprint density at radius 3 is 2.50 bits per heavy atom. The van der Waals surface area contributed by atoms with Crippen LogP contribution in [0.25, 0.3) is 10.4 Å². The number of rotatable bonds is 6. The van der Waals surface area contributed by atoms with Crippen molar-refractivity contribution in [3.8, 4) is 22.4 Å². The number of sulfonamides is 1. The van der Waals surface area contributed by atoms with Crippen LogP contribution in [0, 0.1) is 17.2 Å². The quantitative estimate of drug-likeness (QED) is 0.434. The first-order chi connectivity index (χ1) is 17.7. The molecule has 13 heteroatoms. The van der Waals surface area contributed by atoms with Crippen molar-refractivity contribution < 1.29 is 26.3 Å². The second kappa shape index (κ2) is 9.44. The van der Waals surface area contributed by atoms with E-state index in [2.05, 4.69) is 16.3 Å². The molecule has 0 fully saturated rings. The summed E-state index contributed by atoms with van der Waals surface area (Å²) in [6.07, 6.45) is -4.28. The summed E-state index contributed by atoms with van der Waals surface area (Å²) >= 11 is 0.863. The lowest BCUT2D eigenvalue weighted by Crippen LogP contribution is -2.41. The Morgan fingerprint density at radius 2 is 1.95 bits per heavy atom. The third-order valence-corrected chi connectivity index (χ3v) is 10.1. The minimum absolute atomic E-state index is 0.00616. The number of thiophene rings is 1. The molecule has 1 aliphatic rings. The minimum atomic E-state index is -4.72. The molecule has 3 aromatic rings. The molecule has 38 heavy (non-hydrogen) atoms. The van der Waals surface area contributed by atoms with E-state index in [1.54, 1.807) is 19.9 Å². The van der Waals surface area contributed by atoms with Gasteiger partial charge in [-0.1, -0.05) is 20.8 Å². The van der Waals surface area contributed by atoms with Crippen molar-refractivity contribution in [2.24, 2.45) is 11.7 Å². The predicted molar refractivity (Wildman–Crippen MR) is 137 cm³/mol. The Hall–Kier alpha value is -3.34. The lowest BCUT2D eigenvalue weighted by atomic mass is 9.61. The SMILES string of the molecule is CCc1[nH]nc2c1C(c1cc(-c3ccc(S(=O)(=O)N(C)C)s3)cc(C(F)(F)F)c1)(C(C)C)C(C#N)=C(N)O2. The van der Waals surface area contributed by atoms with Crippen molar-refractivity contribution in [3.63, 3.8) is 0 Å². The second-order valence-electron chi connectivity index (χ2n) is 9.35. The number of hydrogen-bond donors (Lipinski definition) is 2. The number of aromatic amines is 1. The maximum absolute atomic E-state index is 14.2. The van der Waals surface area contributed by atoms with Gasteiger partial charge in [0, 0.05) is 24.7 Å². The molecule has 1 aromatic carbocycles. The Balaban J connectivity index is 2.09. The molecule has 3 heterocycles. The number of nitrogens with two attached hydrogens (primary N) is 1. The molecule has 0 spiro atoms. The molecule has 2 aromatic heterocycles. The zero-order valence-electron chi connectivity index (χ0n) is 21.3. The number of hydrogen-bond acceptors (Lipinski definition) is 7. The van der Waals surface area contributed by atoms with E-state index in [4.69, 9.17) is 10.5 Å². The van der Waals surface area contributed by atoms with Crippen molar-refractivity contribution in [1.29, 1.82) is 5.26 Å². The third kappa shape index (κ3) is 4.16. The zero-order chi connectivity index (χ0) is 28.2. The van der Waals surface area contributed by atoms with Gasteiger partial charge in [-0.3, -0.25) is 5.10 Å². The van der Waals surface area contributed by atoms with E-state index in [9.17, 15) is 26.9 Å². The van der Waals surface area contributed by atoms with Crippen molar-refractivity contribution >= 4 is 21.4 Å².